The number of benzene rings is 2. The molecule has 1 fully saturated rings. The van der Waals surface area contributed by atoms with Crippen LogP contribution < -0.4 is 15.8 Å². The normalized spacial score (nSPS) is 15.6. The number of carbonyl (C=O) groups is 2. The predicted molar refractivity (Wildman–Crippen MR) is 142 cm³/mol. The monoisotopic (exact) mass is 504 g/mol. The molecular weight excluding hydrogens is 476 g/mol. The predicted octanol–water partition coefficient (Wildman–Crippen LogP) is 2.12. The zero-order valence-electron chi connectivity index (χ0n) is 20.8. The molecule has 190 valence electrons. The number of nitrogens with two attached hydrogens (primary N) is 1. The molecule has 3 aromatic rings. The lowest BCUT2D eigenvalue weighted by Gasteiger charge is -2.31. The molecule has 1 aliphatic heterocycles. The number of piperidine rings is 1. The molecule has 0 atom stereocenters. The molecule has 0 aliphatic carbocycles. The molecule has 2 amide bonds. The van der Waals surface area contributed by atoms with Crippen LogP contribution in [0.5, 0.6) is 5.75 Å². The second-order valence-electron chi connectivity index (χ2n) is 9.75. The molecule has 0 saturated carbocycles. The van der Waals surface area contributed by atoms with Gasteiger partial charge in [0.1, 0.15) is 5.75 Å². The van der Waals surface area contributed by atoms with E-state index in [0.717, 1.165) is 11.1 Å². The number of likely N-dealkylation sites (tertiary alicyclic amines) is 1. The van der Waals surface area contributed by atoms with Gasteiger partial charge in [-0.2, -0.15) is 0 Å². The number of nitrogens with one attached hydrogen (secondary N) is 1. The highest BCUT2D eigenvalue weighted by atomic mass is 19.3. The van der Waals surface area contributed by atoms with Crippen LogP contribution in [0.2, 0.25) is 0 Å². The van der Waals surface area contributed by atoms with Crippen molar-refractivity contribution in [2.24, 2.45) is 5.73 Å². The van der Waals surface area contributed by atoms with Gasteiger partial charge < -0.3 is 15.8 Å². The van der Waals surface area contributed by atoms with Crippen LogP contribution in [0.4, 0.5) is 14.5 Å². The first-order valence-electron chi connectivity index (χ1n) is 12.1. The summed E-state index contributed by atoms with van der Waals surface area (Å²) in [5.41, 5.74) is 8.44. The van der Waals surface area contributed by atoms with Crippen molar-refractivity contribution in [3.05, 3.63) is 89.2 Å². The topological polar surface area (TPSA) is 97.5 Å². The number of amides is 2. The Kier molecular flexibility index (Phi) is 7.63. The van der Waals surface area contributed by atoms with E-state index in [-0.39, 0.29) is 24.3 Å². The smallest absolute Gasteiger partial charge is 0.255 e. The Morgan fingerprint density at radius 2 is 1.76 bits per heavy atom. The van der Waals surface area contributed by atoms with E-state index in [0.29, 0.717) is 36.6 Å². The lowest BCUT2D eigenvalue weighted by molar-refractivity contribution is -0.0566. The first-order valence-corrected chi connectivity index (χ1v) is 12.1. The zero-order valence-corrected chi connectivity index (χ0v) is 20.8. The van der Waals surface area contributed by atoms with E-state index in [9.17, 15) is 18.4 Å². The standard InChI is InChI=1S/C26H28B2F2N4O3/c27-26(28,37-22-12-19(23(31)35)14-32-15-22)20-2-1-3-21(13-20)33-24(36)18-6-4-17(5-7-18)16-34-10-8-25(29,30)9-11-34/h1-7,12-15H,8-11,16,27-28H2,(H2,31,35)(H,33,36). The molecule has 2 heterocycles. The second kappa shape index (κ2) is 10.7. The molecule has 11 heteroatoms. The van der Waals surface area contributed by atoms with Gasteiger partial charge in [-0.1, -0.05) is 24.3 Å². The van der Waals surface area contributed by atoms with E-state index in [2.05, 4.69) is 10.3 Å². The van der Waals surface area contributed by atoms with Gasteiger partial charge in [-0.3, -0.25) is 19.5 Å². The summed E-state index contributed by atoms with van der Waals surface area (Å²) in [4.78, 5) is 30.3. The number of halogens is 2. The van der Waals surface area contributed by atoms with Crippen LogP contribution in [0.3, 0.4) is 0 Å². The van der Waals surface area contributed by atoms with E-state index in [4.69, 9.17) is 10.5 Å². The summed E-state index contributed by atoms with van der Waals surface area (Å²) in [6.45, 7) is 1.30. The molecular formula is C26H28B2F2N4O3. The quantitative estimate of drug-likeness (QED) is 0.459. The lowest BCUT2D eigenvalue weighted by Crippen LogP contribution is -2.38. The summed E-state index contributed by atoms with van der Waals surface area (Å²) in [6.07, 6.45) is 2.64. The van der Waals surface area contributed by atoms with E-state index in [1.54, 1.807) is 18.2 Å². The van der Waals surface area contributed by atoms with Crippen LogP contribution >= 0.6 is 0 Å². The fraction of sp³-hybridized carbons (Fsp3) is 0.269. The Morgan fingerprint density at radius 3 is 2.43 bits per heavy atom. The van der Waals surface area contributed by atoms with Gasteiger partial charge in [-0.05, 0) is 41.5 Å². The number of carbonyl (C=O) groups excluding carboxylic acids is 2. The maximum atomic E-state index is 13.4. The van der Waals surface area contributed by atoms with Crippen molar-refractivity contribution in [2.75, 3.05) is 18.4 Å². The summed E-state index contributed by atoms with van der Waals surface area (Å²) in [7, 11) is 3.74. The molecule has 0 bridgehead atoms. The number of alkyl halides is 2. The Morgan fingerprint density at radius 1 is 1.05 bits per heavy atom. The summed E-state index contributed by atoms with van der Waals surface area (Å²) in [6, 6.07) is 16.0. The van der Waals surface area contributed by atoms with Gasteiger partial charge in [-0.25, -0.2) is 8.78 Å². The summed E-state index contributed by atoms with van der Waals surface area (Å²) in [5, 5.41) is 2.11. The molecule has 4 rings (SSSR count). The minimum absolute atomic E-state index is 0.120. The van der Waals surface area contributed by atoms with Crippen molar-refractivity contribution in [1.82, 2.24) is 9.88 Å². The maximum absolute atomic E-state index is 13.4. The van der Waals surface area contributed by atoms with Gasteiger partial charge in [0.15, 0.2) is 15.7 Å². The molecule has 0 spiro atoms. The van der Waals surface area contributed by atoms with Crippen molar-refractivity contribution in [1.29, 1.82) is 0 Å². The van der Waals surface area contributed by atoms with Gasteiger partial charge >= 0.3 is 0 Å². The van der Waals surface area contributed by atoms with Crippen molar-refractivity contribution in [3.8, 4) is 5.75 Å². The Labute approximate surface area is 216 Å². The van der Waals surface area contributed by atoms with Crippen molar-refractivity contribution in [2.45, 2.75) is 30.7 Å². The fourth-order valence-electron chi connectivity index (χ4n) is 4.20. The van der Waals surface area contributed by atoms with Crippen LogP contribution in [-0.4, -0.2) is 56.4 Å². The SMILES string of the molecule is BC(B)(Oc1cncc(C(N)=O)c1)c1cccc(NC(=O)c2ccc(CN3CCC(F)(F)CC3)cc2)c1. The number of hydrogen-bond acceptors (Lipinski definition) is 5. The average molecular weight is 504 g/mol. The number of ether oxygens (including phenoxy) is 1. The summed E-state index contributed by atoms with van der Waals surface area (Å²) in [5.74, 6) is -3.03. The summed E-state index contributed by atoms with van der Waals surface area (Å²) < 4.78 is 32.8. The fourth-order valence-corrected chi connectivity index (χ4v) is 4.20. The molecule has 1 saturated heterocycles. The molecule has 0 radical (unpaired) electrons. The number of nitrogens with zero attached hydrogens (tertiary/aromatic N) is 2. The van der Waals surface area contributed by atoms with Gasteiger partial charge in [0.05, 0.1) is 17.2 Å². The highest BCUT2D eigenvalue weighted by molar-refractivity contribution is 6.39. The first-order chi connectivity index (χ1) is 17.5. The number of primary amides is 1. The third-order valence-electron chi connectivity index (χ3n) is 6.40. The molecule has 1 aliphatic rings. The molecule has 0 unspecified atom stereocenters. The Bertz CT molecular complexity index is 1280. The van der Waals surface area contributed by atoms with E-state index >= 15 is 0 Å². The zero-order chi connectivity index (χ0) is 26.6. The third kappa shape index (κ3) is 6.95. The van der Waals surface area contributed by atoms with Gasteiger partial charge in [0.2, 0.25) is 5.91 Å². The van der Waals surface area contributed by atoms with Gasteiger partial charge in [0.25, 0.3) is 11.8 Å². The van der Waals surface area contributed by atoms with Gasteiger partial charge in [0, 0.05) is 49.9 Å². The Hall–Kier alpha value is -3.72. The maximum Gasteiger partial charge on any atom is 0.255 e. The number of aromatic nitrogens is 1. The number of hydrogen-bond donors (Lipinski definition) is 2. The highest BCUT2D eigenvalue weighted by Gasteiger charge is 2.33. The van der Waals surface area contributed by atoms with Crippen molar-refractivity contribution >= 4 is 33.2 Å². The summed E-state index contributed by atoms with van der Waals surface area (Å²) >= 11 is 0. The largest absolute Gasteiger partial charge is 0.499 e. The van der Waals surface area contributed by atoms with Crippen LogP contribution in [0, 0.1) is 0 Å². The minimum Gasteiger partial charge on any atom is -0.499 e. The van der Waals surface area contributed by atoms with E-state index < -0.39 is 17.2 Å². The lowest BCUT2D eigenvalue weighted by atomic mass is 9.61. The molecule has 3 N–H and O–H groups in total. The Balaban J connectivity index is 1.39. The number of rotatable bonds is 8. The third-order valence-corrected chi connectivity index (χ3v) is 6.40. The van der Waals surface area contributed by atoms with Crippen LogP contribution in [0.25, 0.3) is 0 Å². The molecule has 7 nitrogen and oxygen atoms in total. The van der Waals surface area contributed by atoms with Crippen molar-refractivity contribution < 1.29 is 23.1 Å². The molecule has 2 aromatic carbocycles. The van der Waals surface area contributed by atoms with E-state index in [1.165, 1.54) is 18.5 Å². The molecule has 1 aromatic heterocycles. The molecule has 37 heavy (non-hydrogen) atoms. The van der Waals surface area contributed by atoms with Gasteiger partial charge in [-0.15, -0.1) is 0 Å². The van der Waals surface area contributed by atoms with Crippen LogP contribution in [0.1, 0.15) is 44.7 Å². The average Bonchev–Trinajstić information content (AvgIpc) is 2.86. The van der Waals surface area contributed by atoms with Crippen molar-refractivity contribution in [3.63, 3.8) is 0 Å². The minimum atomic E-state index is -2.57. The second-order valence-corrected chi connectivity index (χ2v) is 9.75. The highest BCUT2D eigenvalue weighted by Crippen LogP contribution is 2.29. The van der Waals surface area contributed by atoms with Crippen LogP contribution in [-0.2, 0) is 11.9 Å². The van der Waals surface area contributed by atoms with E-state index in [1.807, 2.05) is 50.9 Å². The van der Waals surface area contributed by atoms with Crippen LogP contribution in [0.15, 0.2) is 67.0 Å². The first kappa shape index (κ1) is 26.3. The number of pyridine rings is 1. The number of anilines is 1.